The van der Waals surface area contributed by atoms with Crippen LogP contribution in [-0.2, 0) is 9.53 Å². The molecule has 2 unspecified atom stereocenters. The molecule has 1 saturated heterocycles. The van der Waals surface area contributed by atoms with Gasteiger partial charge in [-0.25, -0.2) is 0 Å². The first-order chi connectivity index (χ1) is 6.27. The van der Waals surface area contributed by atoms with Crippen LogP contribution in [0.4, 0.5) is 0 Å². The molecule has 2 rings (SSSR count). The summed E-state index contributed by atoms with van der Waals surface area (Å²) in [4.78, 5) is 11.4. The highest BCUT2D eigenvalue weighted by Gasteiger charge is 2.31. The molecule has 0 aromatic rings. The SMILES string of the molecule is CC1OCCC1SCC(=O)C1CC1. The van der Waals surface area contributed by atoms with Crippen LogP contribution in [0.3, 0.4) is 0 Å². The number of hydrogen-bond donors (Lipinski definition) is 0. The highest BCUT2D eigenvalue weighted by atomic mass is 32.2. The molecule has 0 radical (unpaired) electrons. The molecule has 2 atom stereocenters. The maximum atomic E-state index is 11.4. The van der Waals surface area contributed by atoms with Crippen molar-refractivity contribution in [1.29, 1.82) is 0 Å². The monoisotopic (exact) mass is 200 g/mol. The molecule has 0 bridgehead atoms. The van der Waals surface area contributed by atoms with Gasteiger partial charge in [0, 0.05) is 17.8 Å². The Balaban J connectivity index is 1.68. The van der Waals surface area contributed by atoms with Gasteiger partial charge in [-0.15, -0.1) is 11.8 Å². The van der Waals surface area contributed by atoms with E-state index in [0.717, 1.165) is 25.9 Å². The first-order valence-electron chi connectivity index (χ1n) is 5.03. The molecular formula is C10H16O2S. The van der Waals surface area contributed by atoms with Crippen LogP contribution in [-0.4, -0.2) is 29.5 Å². The number of hydrogen-bond acceptors (Lipinski definition) is 3. The lowest BCUT2D eigenvalue weighted by atomic mass is 10.3. The normalized spacial score (nSPS) is 33.6. The molecule has 0 aromatic carbocycles. The average molecular weight is 200 g/mol. The van der Waals surface area contributed by atoms with Crippen molar-refractivity contribution in [1.82, 2.24) is 0 Å². The van der Waals surface area contributed by atoms with Gasteiger partial charge in [-0.3, -0.25) is 4.79 Å². The Morgan fingerprint density at radius 3 is 2.77 bits per heavy atom. The van der Waals surface area contributed by atoms with Crippen LogP contribution < -0.4 is 0 Å². The van der Waals surface area contributed by atoms with Crippen LogP contribution in [0.25, 0.3) is 0 Å². The Labute approximate surface area is 83.4 Å². The number of carbonyl (C=O) groups excluding carboxylic acids is 1. The van der Waals surface area contributed by atoms with Crippen LogP contribution in [0.5, 0.6) is 0 Å². The van der Waals surface area contributed by atoms with E-state index in [0.29, 0.717) is 28.8 Å². The van der Waals surface area contributed by atoms with Gasteiger partial charge in [0.05, 0.1) is 11.9 Å². The maximum absolute atomic E-state index is 11.4. The van der Waals surface area contributed by atoms with E-state index in [1.54, 1.807) is 11.8 Å². The standard InChI is InChI=1S/C10H16O2S/c1-7-10(4-5-12-7)13-6-9(11)8-2-3-8/h7-8,10H,2-6H2,1H3. The number of ketones is 1. The van der Waals surface area contributed by atoms with Gasteiger partial charge in [-0.2, -0.15) is 0 Å². The summed E-state index contributed by atoms with van der Waals surface area (Å²) < 4.78 is 5.44. The molecule has 2 fully saturated rings. The van der Waals surface area contributed by atoms with Gasteiger partial charge in [0.15, 0.2) is 0 Å². The lowest BCUT2D eigenvalue weighted by Gasteiger charge is -2.12. The zero-order chi connectivity index (χ0) is 9.26. The number of ether oxygens (including phenoxy) is 1. The van der Waals surface area contributed by atoms with Crippen molar-refractivity contribution in [3.8, 4) is 0 Å². The fourth-order valence-electron chi connectivity index (χ4n) is 1.64. The topological polar surface area (TPSA) is 26.3 Å². The number of rotatable bonds is 4. The number of thioether (sulfide) groups is 1. The van der Waals surface area contributed by atoms with Crippen molar-refractivity contribution in [2.45, 2.75) is 37.5 Å². The minimum atomic E-state index is 0.344. The summed E-state index contributed by atoms with van der Waals surface area (Å²) in [7, 11) is 0. The minimum absolute atomic E-state index is 0.344. The Kier molecular flexibility index (Phi) is 2.94. The van der Waals surface area contributed by atoms with Crippen molar-refractivity contribution in [3.63, 3.8) is 0 Å². The summed E-state index contributed by atoms with van der Waals surface area (Å²) >= 11 is 1.79. The molecule has 2 aliphatic rings. The van der Waals surface area contributed by atoms with Crippen LogP contribution in [0, 0.1) is 5.92 Å². The first-order valence-corrected chi connectivity index (χ1v) is 6.08. The Hall–Kier alpha value is -0.0200. The summed E-state index contributed by atoms with van der Waals surface area (Å²) in [5.74, 6) is 1.59. The Morgan fingerprint density at radius 2 is 2.23 bits per heavy atom. The second-order valence-corrected chi connectivity index (χ2v) is 5.18. The van der Waals surface area contributed by atoms with E-state index >= 15 is 0 Å². The average Bonchev–Trinajstić information content (AvgIpc) is 2.88. The molecule has 1 saturated carbocycles. The molecule has 0 amide bonds. The highest BCUT2D eigenvalue weighted by molar-refractivity contribution is 8.00. The molecule has 13 heavy (non-hydrogen) atoms. The van der Waals surface area contributed by atoms with E-state index in [4.69, 9.17) is 4.74 Å². The predicted octanol–water partition coefficient (Wildman–Crippen LogP) is 1.88. The molecule has 0 aromatic heterocycles. The quantitative estimate of drug-likeness (QED) is 0.693. The van der Waals surface area contributed by atoms with Gasteiger partial charge in [0.2, 0.25) is 0 Å². The van der Waals surface area contributed by atoms with Crippen LogP contribution in [0.2, 0.25) is 0 Å². The van der Waals surface area contributed by atoms with Gasteiger partial charge in [-0.1, -0.05) is 0 Å². The molecule has 0 spiro atoms. The molecule has 0 N–H and O–H groups in total. The third kappa shape index (κ3) is 2.47. The summed E-state index contributed by atoms with van der Waals surface area (Å²) in [6.45, 7) is 2.97. The number of carbonyl (C=O) groups is 1. The summed E-state index contributed by atoms with van der Waals surface area (Å²) in [5, 5.41) is 0.558. The molecule has 3 heteroatoms. The summed E-state index contributed by atoms with van der Waals surface area (Å²) in [6, 6.07) is 0. The van der Waals surface area contributed by atoms with Crippen molar-refractivity contribution < 1.29 is 9.53 Å². The second-order valence-electron chi connectivity index (χ2n) is 3.95. The minimum Gasteiger partial charge on any atom is -0.377 e. The molecular weight excluding hydrogens is 184 g/mol. The highest BCUT2D eigenvalue weighted by Crippen LogP contribution is 2.33. The number of Topliss-reactive ketones (excluding diaryl/α,β-unsaturated/α-hetero) is 1. The van der Waals surface area contributed by atoms with E-state index < -0.39 is 0 Å². The van der Waals surface area contributed by atoms with Gasteiger partial charge < -0.3 is 4.74 Å². The molecule has 1 heterocycles. The summed E-state index contributed by atoms with van der Waals surface area (Å²) in [5.41, 5.74) is 0. The van der Waals surface area contributed by atoms with Crippen LogP contribution in [0.15, 0.2) is 0 Å². The third-order valence-electron chi connectivity index (χ3n) is 2.78. The fraction of sp³-hybridized carbons (Fsp3) is 0.900. The first kappa shape index (κ1) is 9.53. The van der Waals surface area contributed by atoms with E-state index in [2.05, 4.69) is 6.92 Å². The molecule has 1 aliphatic heterocycles. The van der Waals surface area contributed by atoms with E-state index in [1.165, 1.54) is 0 Å². The zero-order valence-electron chi connectivity index (χ0n) is 7.99. The molecule has 1 aliphatic carbocycles. The van der Waals surface area contributed by atoms with Gasteiger partial charge in [0.25, 0.3) is 0 Å². The molecule has 2 nitrogen and oxygen atoms in total. The van der Waals surface area contributed by atoms with E-state index in [1.807, 2.05) is 0 Å². The van der Waals surface area contributed by atoms with Crippen molar-refractivity contribution in [2.24, 2.45) is 5.92 Å². The van der Waals surface area contributed by atoms with Crippen molar-refractivity contribution in [3.05, 3.63) is 0 Å². The smallest absolute Gasteiger partial charge is 0.145 e. The van der Waals surface area contributed by atoms with Crippen LogP contribution >= 0.6 is 11.8 Å². The van der Waals surface area contributed by atoms with Gasteiger partial charge >= 0.3 is 0 Å². The second kappa shape index (κ2) is 4.01. The Morgan fingerprint density at radius 1 is 1.46 bits per heavy atom. The van der Waals surface area contributed by atoms with E-state index in [9.17, 15) is 4.79 Å². The lowest BCUT2D eigenvalue weighted by Crippen LogP contribution is -2.16. The predicted molar refractivity (Wildman–Crippen MR) is 54.0 cm³/mol. The lowest BCUT2D eigenvalue weighted by molar-refractivity contribution is -0.117. The van der Waals surface area contributed by atoms with E-state index in [-0.39, 0.29) is 0 Å². The Bertz CT molecular complexity index is 201. The van der Waals surface area contributed by atoms with Crippen molar-refractivity contribution in [2.75, 3.05) is 12.4 Å². The molecule has 74 valence electrons. The maximum Gasteiger partial charge on any atom is 0.145 e. The fourth-order valence-corrected chi connectivity index (χ4v) is 2.87. The van der Waals surface area contributed by atoms with Gasteiger partial charge in [-0.05, 0) is 26.2 Å². The zero-order valence-corrected chi connectivity index (χ0v) is 8.81. The van der Waals surface area contributed by atoms with Gasteiger partial charge in [0.1, 0.15) is 5.78 Å². The van der Waals surface area contributed by atoms with Crippen molar-refractivity contribution >= 4 is 17.5 Å². The van der Waals surface area contributed by atoms with Crippen LogP contribution in [0.1, 0.15) is 26.2 Å². The largest absolute Gasteiger partial charge is 0.377 e. The third-order valence-corrected chi connectivity index (χ3v) is 4.28. The summed E-state index contributed by atoms with van der Waals surface area (Å²) in [6.07, 6.45) is 3.73.